The third-order valence-electron chi connectivity index (χ3n) is 6.06. The molecule has 3 heterocycles. The molecule has 0 spiro atoms. The molecule has 0 atom stereocenters. The van der Waals surface area contributed by atoms with Gasteiger partial charge in [-0.1, -0.05) is 41.6 Å². The van der Waals surface area contributed by atoms with E-state index in [0.29, 0.717) is 45.0 Å². The number of carbonyl (C=O) groups excluding carboxylic acids is 1. The second-order valence-electron chi connectivity index (χ2n) is 8.42. The van der Waals surface area contributed by atoms with E-state index < -0.39 is 11.7 Å². The fourth-order valence-corrected chi connectivity index (χ4v) is 4.20. The molecule has 35 heavy (non-hydrogen) atoms. The predicted octanol–water partition coefficient (Wildman–Crippen LogP) is 4.19. The van der Waals surface area contributed by atoms with Crippen LogP contribution in [0, 0.1) is 0 Å². The summed E-state index contributed by atoms with van der Waals surface area (Å²) in [6.45, 7) is 2.74. The Morgan fingerprint density at radius 1 is 1.00 bits per heavy atom. The first-order valence-corrected chi connectivity index (χ1v) is 11.2. The lowest BCUT2D eigenvalue weighted by atomic mass is 10.1. The number of amides is 1. The van der Waals surface area contributed by atoms with Gasteiger partial charge in [0.25, 0.3) is 0 Å². The van der Waals surface area contributed by atoms with Crippen LogP contribution in [-0.2, 0) is 23.9 Å². The monoisotopic (exact) mass is 481 g/mol. The van der Waals surface area contributed by atoms with Gasteiger partial charge in [0.05, 0.1) is 24.0 Å². The van der Waals surface area contributed by atoms with Crippen molar-refractivity contribution in [3.8, 4) is 11.4 Å². The van der Waals surface area contributed by atoms with Crippen LogP contribution in [-0.4, -0.2) is 57.0 Å². The lowest BCUT2D eigenvalue weighted by Crippen LogP contribution is -2.48. The summed E-state index contributed by atoms with van der Waals surface area (Å²) in [5.41, 5.74) is 1.23. The number of rotatable bonds is 5. The minimum absolute atomic E-state index is 0.0485. The van der Waals surface area contributed by atoms with E-state index in [4.69, 9.17) is 4.52 Å². The van der Waals surface area contributed by atoms with Crippen LogP contribution in [0.4, 0.5) is 13.2 Å². The standard InChI is InChI=1S/C25H22F3N5O2/c26-25(27,28)20-8-2-6-19(14-20)24-30-21(35-31-24)16-32-10-12-33(13-11-32)22(34)15-18-5-1-4-17-7-3-9-29-23(17)18/h1-9,14H,10-13,15-16H2. The van der Waals surface area contributed by atoms with E-state index >= 15 is 0 Å². The van der Waals surface area contributed by atoms with Crippen LogP contribution in [0.3, 0.4) is 0 Å². The Morgan fingerprint density at radius 2 is 1.77 bits per heavy atom. The molecule has 0 N–H and O–H groups in total. The fraction of sp³-hybridized carbons (Fsp3) is 0.280. The van der Waals surface area contributed by atoms with Gasteiger partial charge in [0.1, 0.15) is 0 Å². The number of pyridine rings is 1. The number of alkyl halides is 3. The number of halogens is 3. The van der Waals surface area contributed by atoms with Gasteiger partial charge in [-0.25, -0.2) is 0 Å². The molecule has 1 aliphatic heterocycles. The largest absolute Gasteiger partial charge is 0.416 e. The predicted molar refractivity (Wildman–Crippen MR) is 122 cm³/mol. The summed E-state index contributed by atoms with van der Waals surface area (Å²) in [5.74, 6) is 0.482. The van der Waals surface area contributed by atoms with Crippen LogP contribution in [0.2, 0.25) is 0 Å². The van der Waals surface area contributed by atoms with E-state index in [1.807, 2.05) is 35.2 Å². The third kappa shape index (κ3) is 5.17. The highest BCUT2D eigenvalue weighted by Crippen LogP contribution is 2.31. The van der Waals surface area contributed by atoms with Crippen molar-refractivity contribution in [3.63, 3.8) is 0 Å². The first kappa shape index (κ1) is 23.0. The van der Waals surface area contributed by atoms with Gasteiger partial charge >= 0.3 is 6.18 Å². The number of piperazine rings is 1. The number of hydrogen-bond donors (Lipinski definition) is 0. The maximum absolute atomic E-state index is 13.0. The number of hydrogen-bond acceptors (Lipinski definition) is 6. The zero-order valence-electron chi connectivity index (χ0n) is 18.7. The summed E-state index contributed by atoms with van der Waals surface area (Å²) < 4.78 is 44.2. The van der Waals surface area contributed by atoms with Gasteiger partial charge in [0.15, 0.2) is 0 Å². The smallest absolute Gasteiger partial charge is 0.340 e. The average molecular weight is 481 g/mol. The lowest BCUT2D eigenvalue weighted by Gasteiger charge is -2.34. The molecule has 4 aromatic rings. The lowest BCUT2D eigenvalue weighted by molar-refractivity contribution is -0.137. The summed E-state index contributed by atoms with van der Waals surface area (Å²) in [4.78, 5) is 25.5. The quantitative estimate of drug-likeness (QED) is 0.426. The molecule has 7 nitrogen and oxygen atoms in total. The molecule has 0 unspecified atom stereocenters. The molecule has 2 aromatic heterocycles. The highest BCUT2D eigenvalue weighted by molar-refractivity contribution is 5.87. The van der Waals surface area contributed by atoms with Gasteiger partial charge in [-0.2, -0.15) is 18.2 Å². The summed E-state index contributed by atoms with van der Waals surface area (Å²) in [7, 11) is 0. The number of aromatic nitrogens is 3. The number of nitrogens with zero attached hydrogens (tertiary/aromatic N) is 5. The molecule has 2 aromatic carbocycles. The number of fused-ring (bicyclic) bond motifs is 1. The highest BCUT2D eigenvalue weighted by atomic mass is 19.4. The second kappa shape index (κ2) is 9.46. The van der Waals surface area contributed by atoms with Crippen LogP contribution in [0.15, 0.2) is 65.3 Å². The first-order valence-electron chi connectivity index (χ1n) is 11.2. The third-order valence-corrected chi connectivity index (χ3v) is 6.06. The molecule has 0 saturated carbocycles. The maximum atomic E-state index is 13.0. The molecule has 180 valence electrons. The fourth-order valence-electron chi connectivity index (χ4n) is 4.20. The van der Waals surface area contributed by atoms with Crippen LogP contribution in [0.25, 0.3) is 22.3 Å². The summed E-state index contributed by atoms with van der Waals surface area (Å²) in [6, 6.07) is 14.5. The second-order valence-corrected chi connectivity index (χ2v) is 8.42. The van der Waals surface area contributed by atoms with Crippen molar-refractivity contribution in [3.05, 3.63) is 77.8 Å². The van der Waals surface area contributed by atoms with Crippen molar-refractivity contribution in [1.29, 1.82) is 0 Å². The molecule has 5 rings (SSSR count). The van der Waals surface area contributed by atoms with Crippen molar-refractivity contribution in [1.82, 2.24) is 24.9 Å². The van der Waals surface area contributed by atoms with Crippen molar-refractivity contribution in [2.45, 2.75) is 19.1 Å². The van der Waals surface area contributed by atoms with Crippen LogP contribution in [0.5, 0.6) is 0 Å². The molecular formula is C25H22F3N5O2. The van der Waals surface area contributed by atoms with E-state index in [1.54, 1.807) is 6.20 Å². The maximum Gasteiger partial charge on any atom is 0.416 e. The van der Waals surface area contributed by atoms with Gasteiger partial charge in [-0.05, 0) is 23.8 Å². The van der Waals surface area contributed by atoms with Gasteiger partial charge < -0.3 is 9.42 Å². The minimum Gasteiger partial charge on any atom is -0.340 e. The first-order chi connectivity index (χ1) is 16.9. The van der Waals surface area contributed by atoms with Crippen molar-refractivity contribution < 1.29 is 22.5 Å². The Hall–Kier alpha value is -3.79. The van der Waals surface area contributed by atoms with E-state index in [1.165, 1.54) is 12.1 Å². The van der Waals surface area contributed by atoms with Crippen LogP contribution < -0.4 is 0 Å². The van der Waals surface area contributed by atoms with Crippen LogP contribution >= 0.6 is 0 Å². The molecular weight excluding hydrogens is 459 g/mol. The Labute approximate surface area is 199 Å². The Bertz CT molecular complexity index is 1340. The summed E-state index contributed by atoms with van der Waals surface area (Å²) in [5, 5.41) is 4.85. The SMILES string of the molecule is O=C(Cc1cccc2cccnc12)N1CCN(Cc2nc(-c3cccc(C(F)(F)F)c3)no2)CC1. The van der Waals surface area contributed by atoms with Crippen molar-refractivity contribution in [2.75, 3.05) is 26.2 Å². The molecule has 1 saturated heterocycles. The van der Waals surface area contributed by atoms with E-state index in [-0.39, 0.29) is 17.3 Å². The molecule has 1 fully saturated rings. The minimum atomic E-state index is -4.44. The molecule has 1 amide bonds. The van der Waals surface area contributed by atoms with E-state index in [9.17, 15) is 18.0 Å². The summed E-state index contributed by atoms with van der Waals surface area (Å²) in [6.07, 6.45) is -2.42. The zero-order chi connectivity index (χ0) is 24.4. The van der Waals surface area contributed by atoms with Gasteiger partial charge in [-0.3, -0.25) is 14.7 Å². The number of para-hydroxylation sites is 1. The van der Waals surface area contributed by atoms with Crippen LogP contribution in [0.1, 0.15) is 17.0 Å². The zero-order valence-corrected chi connectivity index (χ0v) is 18.7. The van der Waals surface area contributed by atoms with Gasteiger partial charge in [0.2, 0.25) is 17.6 Å². The molecule has 10 heteroatoms. The average Bonchev–Trinajstić information content (AvgIpc) is 3.33. The number of benzene rings is 2. The topological polar surface area (TPSA) is 75.4 Å². The highest BCUT2D eigenvalue weighted by Gasteiger charge is 2.31. The normalized spacial score (nSPS) is 15.0. The van der Waals surface area contributed by atoms with Gasteiger partial charge in [-0.15, -0.1) is 0 Å². The van der Waals surface area contributed by atoms with E-state index in [2.05, 4.69) is 20.0 Å². The number of carbonyl (C=O) groups is 1. The molecule has 0 radical (unpaired) electrons. The van der Waals surface area contributed by atoms with Gasteiger partial charge in [0, 0.05) is 43.3 Å². The van der Waals surface area contributed by atoms with Crippen molar-refractivity contribution >= 4 is 16.8 Å². The molecule has 0 bridgehead atoms. The Morgan fingerprint density at radius 3 is 2.57 bits per heavy atom. The van der Waals surface area contributed by atoms with Crippen molar-refractivity contribution in [2.24, 2.45) is 0 Å². The summed E-state index contributed by atoms with van der Waals surface area (Å²) >= 11 is 0. The molecule has 0 aliphatic carbocycles. The Balaban J connectivity index is 1.17. The molecule has 1 aliphatic rings. The van der Waals surface area contributed by atoms with E-state index in [0.717, 1.165) is 28.6 Å². The Kier molecular flexibility index (Phi) is 6.21.